The van der Waals surface area contributed by atoms with Gasteiger partial charge in [0, 0.05) is 0 Å². The SMILES string of the molecule is CCCC1CCC(OOC(C)(C)CC(C)(C)C)C(OOC(C)(C)CC(C)(C)C)C1. The van der Waals surface area contributed by atoms with E-state index in [9.17, 15) is 0 Å². The Morgan fingerprint density at radius 2 is 1.10 bits per heavy atom. The lowest BCUT2D eigenvalue weighted by molar-refractivity contribution is -0.441. The van der Waals surface area contributed by atoms with Crippen molar-refractivity contribution in [1.82, 2.24) is 0 Å². The molecule has 4 nitrogen and oxygen atoms in total. The Bertz CT molecular complexity index is 470. The molecule has 0 spiro atoms. The predicted octanol–water partition coefficient (Wildman–Crippen LogP) is 7.65. The highest BCUT2D eigenvalue weighted by atomic mass is 17.2. The highest BCUT2D eigenvalue weighted by molar-refractivity contribution is 4.82. The third-order valence-corrected chi connectivity index (χ3v) is 5.24. The molecule has 0 saturated heterocycles. The van der Waals surface area contributed by atoms with E-state index in [4.69, 9.17) is 19.6 Å². The molecule has 0 aromatic heterocycles. The van der Waals surface area contributed by atoms with Gasteiger partial charge in [-0.05, 0) is 76.5 Å². The van der Waals surface area contributed by atoms with Crippen molar-refractivity contribution in [1.29, 1.82) is 0 Å². The molecule has 4 heteroatoms. The fourth-order valence-electron chi connectivity index (χ4n) is 5.06. The van der Waals surface area contributed by atoms with Crippen LogP contribution in [0.25, 0.3) is 0 Å². The quantitative estimate of drug-likeness (QED) is 0.272. The molecule has 1 aliphatic carbocycles. The lowest BCUT2D eigenvalue weighted by Gasteiger charge is -2.39. The van der Waals surface area contributed by atoms with Gasteiger partial charge in [-0.1, -0.05) is 61.3 Å². The van der Waals surface area contributed by atoms with Crippen LogP contribution in [0, 0.1) is 16.7 Å². The molecular weight excluding hydrogens is 364 g/mol. The Hall–Kier alpha value is -0.160. The van der Waals surface area contributed by atoms with Gasteiger partial charge in [-0.25, -0.2) is 19.6 Å². The minimum Gasteiger partial charge on any atom is -0.230 e. The number of hydrogen-bond acceptors (Lipinski definition) is 4. The molecule has 1 rings (SSSR count). The maximum Gasteiger partial charge on any atom is 0.122 e. The van der Waals surface area contributed by atoms with Gasteiger partial charge >= 0.3 is 0 Å². The van der Waals surface area contributed by atoms with Crippen molar-refractivity contribution in [2.24, 2.45) is 16.7 Å². The second kappa shape index (κ2) is 10.4. The van der Waals surface area contributed by atoms with E-state index in [-0.39, 0.29) is 34.2 Å². The first-order valence-electron chi connectivity index (χ1n) is 11.7. The summed E-state index contributed by atoms with van der Waals surface area (Å²) in [6, 6.07) is 0. The summed E-state index contributed by atoms with van der Waals surface area (Å²) in [6.07, 6.45) is 7.17. The third kappa shape index (κ3) is 11.7. The van der Waals surface area contributed by atoms with E-state index < -0.39 is 0 Å². The van der Waals surface area contributed by atoms with E-state index in [1.165, 1.54) is 12.8 Å². The maximum absolute atomic E-state index is 6.04. The predicted molar refractivity (Wildman–Crippen MR) is 120 cm³/mol. The minimum absolute atomic E-state index is 0.0900. The largest absolute Gasteiger partial charge is 0.230 e. The Morgan fingerprint density at radius 1 is 0.655 bits per heavy atom. The summed E-state index contributed by atoms with van der Waals surface area (Å²) in [5.74, 6) is 0.668. The average molecular weight is 415 g/mol. The van der Waals surface area contributed by atoms with E-state index in [0.29, 0.717) is 5.92 Å². The van der Waals surface area contributed by atoms with Crippen molar-refractivity contribution < 1.29 is 19.6 Å². The first-order chi connectivity index (χ1) is 13.0. The molecule has 1 aliphatic rings. The summed E-state index contributed by atoms with van der Waals surface area (Å²) in [7, 11) is 0. The maximum atomic E-state index is 6.04. The van der Waals surface area contributed by atoms with E-state index in [1.54, 1.807) is 0 Å². The van der Waals surface area contributed by atoms with Crippen LogP contribution in [0.15, 0.2) is 0 Å². The molecular formula is C25H50O4. The molecule has 1 fully saturated rings. The normalized spacial score (nSPS) is 24.7. The third-order valence-electron chi connectivity index (χ3n) is 5.24. The molecule has 0 aromatic carbocycles. The Balaban J connectivity index is 2.73. The summed E-state index contributed by atoms with van der Waals surface area (Å²) in [6.45, 7) is 24.0. The zero-order valence-corrected chi connectivity index (χ0v) is 21.3. The average Bonchev–Trinajstić information content (AvgIpc) is 2.47. The molecule has 174 valence electrons. The van der Waals surface area contributed by atoms with Crippen LogP contribution in [0.5, 0.6) is 0 Å². The fraction of sp³-hybridized carbons (Fsp3) is 1.00. The van der Waals surface area contributed by atoms with Crippen molar-refractivity contribution in [3.8, 4) is 0 Å². The fourth-order valence-corrected chi connectivity index (χ4v) is 5.06. The summed E-state index contributed by atoms with van der Waals surface area (Å²) in [5.41, 5.74) is -0.315. The van der Waals surface area contributed by atoms with E-state index in [2.05, 4.69) is 76.2 Å². The van der Waals surface area contributed by atoms with E-state index >= 15 is 0 Å². The molecule has 29 heavy (non-hydrogen) atoms. The van der Waals surface area contributed by atoms with Gasteiger partial charge < -0.3 is 0 Å². The number of rotatable bonds is 10. The van der Waals surface area contributed by atoms with Crippen molar-refractivity contribution >= 4 is 0 Å². The van der Waals surface area contributed by atoms with Crippen LogP contribution in [-0.2, 0) is 19.6 Å². The molecule has 0 aliphatic heterocycles. The van der Waals surface area contributed by atoms with Gasteiger partial charge in [0.05, 0.1) is 11.2 Å². The summed E-state index contributed by atoms with van der Waals surface area (Å²) in [4.78, 5) is 24.0. The molecule has 0 aromatic rings. The zero-order chi connectivity index (χ0) is 22.5. The van der Waals surface area contributed by atoms with Crippen LogP contribution in [-0.4, -0.2) is 23.4 Å². The van der Waals surface area contributed by atoms with Gasteiger partial charge in [0.15, 0.2) is 0 Å². The lowest BCUT2D eigenvalue weighted by atomic mass is 9.82. The van der Waals surface area contributed by atoms with Crippen molar-refractivity contribution in [2.75, 3.05) is 0 Å². The first-order valence-corrected chi connectivity index (χ1v) is 11.7. The van der Waals surface area contributed by atoms with Crippen LogP contribution < -0.4 is 0 Å². The summed E-state index contributed by atoms with van der Waals surface area (Å²) >= 11 is 0. The smallest absolute Gasteiger partial charge is 0.122 e. The van der Waals surface area contributed by atoms with Crippen LogP contribution in [0.3, 0.4) is 0 Å². The molecule has 0 amide bonds. The van der Waals surface area contributed by atoms with Gasteiger partial charge in [0.25, 0.3) is 0 Å². The Labute approximate surface area is 181 Å². The second-order valence-electron chi connectivity index (χ2n) is 12.9. The first kappa shape index (κ1) is 26.9. The molecule has 0 N–H and O–H groups in total. The molecule has 0 bridgehead atoms. The minimum atomic E-state index is -0.340. The van der Waals surface area contributed by atoms with Crippen molar-refractivity contribution in [2.45, 2.75) is 145 Å². The highest BCUT2D eigenvalue weighted by Crippen LogP contribution is 2.36. The van der Waals surface area contributed by atoms with Crippen molar-refractivity contribution in [3.63, 3.8) is 0 Å². The standard InChI is InChI=1S/C25H50O4/c1-12-13-19-14-15-20(26-28-24(8,9)17-22(2,3)4)21(16-19)27-29-25(10,11)18-23(5,6)7/h19-21H,12-18H2,1-11H3. The topological polar surface area (TPSA) is 36.9 Å². The van der Waals surface area contributed by atoms with E-state index in [0.717, 1.165) is 32.1 Å². The van der Waals surface area contributed by atoms with Crippen LogP contribution in [0.4, 0.5) is 0 Å². The van der Waals surface area contributed by atoms with Gasteiger partial charge in [-0.15, -0.1) is 0 Å². The van der Waals surface area contributed by atoms with Gasteiger partial charge in [-0.2, -0.15) is 0 Å². The number of hydrogen-bond donors (Lipinski definition) is 0. The Morgan fingerprint density at radius 3 is 1.52 bits per heavy atom. The highest BCUT2D eigenvalue weighted by Gasteiger charge is 2.37. The molecule has 3 unspecified atom stereocenters. The zero-order valence-electron chi connectivity index (χ0n) is 21.3. The Kier molecular flexibility index (Phi) is 9.67. The van der Waals surface area contributed by atoms with Crippen LogP contribution in [0.1, 0.15) is 121 Å². The van der Waals surface area contributed by atoms with Gasteiger partial charge in [0.2, 0.25) is 0 Å². The summed E-state index contributed by atoms with van der Waals surface area (Å²) < 4.78 is 0. The molecule has 1 saturated carbocycles. The lowest BCUT2D eigenvalue weighted by Crippen LogP contribution is -2.42. The van der Waals surface area contributed by atoms with Crippen molar-refractivity contribution in [3.05, 3.63) is 0 Å². The monoisotopic (exact) mass is 414 g/mol. The second-order valence-corrected chi connectivity index (χ2v) is 12.9. The van der Waals surface area contributed by atoms with Gasteiger partial charge in [-0.3, -0.25) is 0 Å². The van der Waals surface area contributed by atoms with Crippen LogP contribution >= 0.6 is 0 Å². The van der Waals surface area contributed by atoms with Crippen LogP contribution in [0.2, 0.25) is 0 Å². The van der Waals surface area contributed by atoms with Gasteiger partial charge in [0.1, 0.15) is 12.2 Å². The molecule has 0 heterocycles. The summed E-state index contributed by atoms with van der Waals surface area (Å²) in [5, 5.41) is 0. The van der Waals surface area contributed by atoms with E-state index in [1.807, 2.05) is 0 Å². The molecule has 3 atom stereocenters. The molecule has 0 radical (unpaired) electrons.